The first-order valence-corrected chi connectivity index (χ1v) is 8.79. The minimum atomic E-state index is -0.360. The van der Waals surface area contributed by atoms with Gasteiger partial charge in [-0.1, -0.05) is 24.9 Å². The van der Waals surface area contributed by atoms with Crippen LogP contribution in [0.1, 0.15) is 44.1 Å². The van der Waals surface area contributed by atoms with Crippen molar-refractivity contribution in [1.29, 1.82) is 0 Å². The number of nitrogens with one attached hydrogen (secondary N) is 1. The van der Waals surface area contributed by atoms with Crippen LogP contribution in [0.3, 0.4) is 0 Å². The number of imidazole rings is 1. The third-order valence-electron chi connectivity index (χ3n) is 4.69. The van der Waals surface area contributed by atoms with Crippen molar-refractivity contribution >= 4 is 17.7 Å². The number of likely N-dealkylation sites (N-methyl/N-ethyl adjacent to an activating group) is 1. The van der Waals surface area contributed by atoms with Crippen LogP contribution in [0.25, 0.3) is 0 Å². The summed E-state index contributed by atoms with van der Waals surface area (Å²) in [6.07, 6.45) is 4.92. The number of unbranched alkanes of at least 4 members (excludes halogenated alkanes) is 1. The van der Waals surface area contributed by atoms with Crippen molar-refractivity contribution < 1.29 is 9.53 Å². The van der Waals surface area contributed by atoms with Crippen LogP contribution in [0.15, 0.2) is 0 Å². The second-order valence-corrected chi connectivity index (χ2v) is 7.14. The number of carbonyl (C=O) groups excluding carboxylic acids is 1. The summed E-state index contributed by atoms with van der Waals surface area (Å²) in [6, 6.07) is 0. The number of nitrogens with zero attached hydrogens (tertiary/aromatic N) is 3. The Morgan fingerprint density at radius 3 is 2.96 bits per heavy atom. The zero-order chi connectivity index (χ0) is 16.4. The van der Waals surface area contributed by atoms with Crippen molar-refractivity contribution in [3.05, 3.63) is 16.7 Å². The molecule has 0 aromatic carbocycles. The molecule has 2 fully saturated rings. The summed E-state index contributed by atoms with van der Waals surface area (Å²) in [4.78, 5) is 23.5. The quantitative estimate of drug-likeness (QED) is 0.895. The van der Waals surface area contributed by atoms with Crippen molar-refractivity contribution in [3.8, 4) is 0 Å². The number of ether oxygens (including phenoxy) is 1. The number of aromatic nitrogens is 2. The number of piperidine rings is 1. The molecule has 7 heteroatoms. The zero-order valence-corrected chi connectivity index (χ0v) is 14.7. The van der Waals surface area contributed by atoms with Gasteiger partial charge in [-0.15, -0.1) is 0 Å². The Hall–Kier alpha value is -1.27. The highest BCUT2D eigenvalue weighted by Crippen LogP contribution is 2.32. The lowest BCUT2D eigenvalue weighted by atomic mass is 9.93. The molecule has 1 aromatic heterocycles. The second-order valence-electron chi connectivity index (χ2n) is 6.78. The van der Waals surface area contributed by atoms with E-state index in [2.05, 4.69) is 21.8 Å². The summed E-state index contributed by atoms with van der Waals surface area (Å²) in [5, 5.41) is 0.566. The first kappa shape index (κ1) is 16.6. The smallest absolute Gasteiger partial charge is 0.410 e. The summed E-state index contributed by atoms with van der Waals surface area (Å²) in [7, 11) is 1.79. The largest absolute Gasteiger partial charge is 0.440 e. The number of likely N-dealkylation sites (tertiary alicyclic amines) is 1. The Kier molecular flexibility index (Phi) is 4.82. The number of hydrogen-bond donors (Lipinski definition) is 1. The molecule has 2 saturated heterocycles. The molecule has 1 atom stereocenters. The van der Waals surface area contributed by atoms with E-state index in [1.807, 2.05) is 0 Å². The first-order valence-electron chi connectivity index (χ1n) is 8.41. The van der Waals surface area contributed by atoms with Gasteiger partial charge in [-0.25, -0.2) is 9.78 Å². The van der Waals surface area contributed by atoms with Gasteiger partial charge >= 0.3 is 6.09 Å². The summed E-state index contributed by atoms with van der Waals surface area (Å²) >= 11 is 6.28. The molecule has 0 bridgehead atoms. The molecule has 23 heavy (non-hydrogen) atoms. The number of amides is 1. The molecule has 2 aliphatic rings. The Morgan fingerprint density at radius 1 is 1.43 bits per heavy atom. The van der Waals surface area contributed by atoms with Crippen LogP contribution in [0.5, 0.6) is 0 Å². The third kappa shape index (κ3) is 3.63. The van der Waals surface area contributed by atoms with Gasteiger partial charge in [0.15, 0.2) is 5.15 Å². The summed E-state index contributed by atoms with van der Waals surface area (Å²) in [6.45, 7) is 5.30. The van der Waals surface area contributed by atoms with Gasteiger partial charge < -0.3 is 14.6 Å². The van der Waals surface area contributed by atoms with Crippen LogP contribution in [-0.2, 0) is 17.7 Å². The highest BCUT2D eigenvalue weighted by atomic mass is 35.5. The predicted octanol–water partition coefficient (Wildman–Crippen LogP) is 2.82. The second kappa shape index (κ2) is 6.69. The average molecular weight is 341 g/mol. The Bertz CT molecular complexity index is 576. The van der Waals surface area contributed by atoms with E-state index >= 15 is 0 Å². The third-order valence-corrected chi connectivity index (χ3v) is 5.00. The van der Waals surface area contributed by atoms with Crippen molar-refractivity contribution in [1.82, 2.24) is 19.8 Å². The van der Waals surface area contributed by atoms with Gasteiger partial charge in [-0.2, -0.15) is 0 Å². The predicted molar refractivity (Wildman–Crippen MR) is 88.6 cm³/mol. The lowest BCUT2D eigenvalue weighted by Gasteiger charge is -2.38. The normalized spacial score (nSPS) is 25.3. The van der Waals surface area contributed by atoms with Crippen molar-refractivity contribution in [2.45, 2.75) is 51.2 Å². The lowest BCUT2D eigenvalue weighted by Crippen LogP contribution is -2.50. The van der Waals surface area contributed by atoms with Crippen molar-refractivity contribution in [3.63, 3.8) is 0 Å². The van der Waals surface area contributed by atoms with Gasteiger partial charge in [0, 0.05) is 26.6 Å². The van der Waals surface area contributed by atoms with E-state index in [1.165, 1.54) is 0 Å². The standard InChI is InChI=1S/C16H25ClN4O2/c1-3-4-6-13-18-12(14(17)19-13)9-21-8-5-7-16(11-21)10-20(2)15(22)23-16/h3-11H2,1-2H3,(H,18,19)/t16-/m1/s1. The van der Waals surface area contributed by atoms with E-state index in [0.29, 0.717) is 11.7 Å². The first-order chi connectivity index (χ1) is 11.0. The van der Waals surface area contributed by atoms with Crippen LogP contribution in [-0.4, -0.2) is 58.1 Å². The van der Waals surface area contributed by atoms with E-state index in [-0.39, 0.29) is 11.7 Å². The van der Waals surface area contributed by atoms with Gasteiger partial charge in [0.25, 0.3) is 0 Å². The molecule has 6 nitrogen and oxygen atoms in total. The fourth-order valence-electron chi connectivity index (χ4n) is 3.56. The molecule has 1 amide bonds. The molecule has 0 unspecified atom stereocenters. The fourth-order valence-corrected chi connectivity index (χ4v) is 3.77. The Labute approximate surface area is 142 Å². The van der Waals surface area contributed by atoms with E-state index < -0.39 is 0 Å². The highest BCUT2D eigenvalue weighted by Gasteiger charge is 2.46. The number of aryl methyl sites for hydroxylation is 1. The molecule has 1 spiro atoms. The molecular formula is C16H25ClN4O2. The molecule has 1 aromatic rings. The maximum Gasteiger partial charge on any atom is 0.410 e. The SMILES string of the molecule is CCCCc1nc(Cl)c(CN2CCC[C@]3(C2)CN(C)C(=O)O3)[nH]1. The van der Waals surface area contributed by atoms with Gasteiger partial charge in [0.2, 0.25) is 0 Å². The van der Waals surface area contributed by atoms with E-state index in [4.69, 9.17) is 16.3 Å². The number of rotatable bonds is 5. The maximum atomic E-state index is 11.7. The van der Waals surface area contributed by atoms with Crippen molar-refractivity contribution in [2.24, 2.45) is 0 Å². The van der Waals surface area contributed by atoms with E-state index in [0.717, 1.165) is 63.3 Å². The summed E-state index contributed by atoms with van der Waals surface area (Å²) < 4.78 is 5.65. The molecule has 0 aliphatic carbocycles. The number of hydrogen-bond acceptors (Lipinski definition) is 4. The summed E-state index contributed by atoms with van der Waals surface area (Å²) in [5.41, 5.74) is 0.606. The minimum absolute atomic E-state index is 0.215. The minimum Gasteiger partial charge on any atom is -0.440 e. The highest BCUT2D eigenvalue weighted by molar-refractivity contribution is 6.30. The molecule has 0 radical (unpaired) electrons. The topological polar surface area (TPSA) is 61.5 Å². The molecule has 128 valence electrons. The summed E-state index contributed by atoms with van der Waals surface area (Å²) in [5.74, 6) is 0.964. The van der Waals surface area contributed by atoms with Crippen LogP contribution < -0.4 is 0 Å². The van der Waals surface area contributed by atoms with Crippen LogP contribution >= 0.6 is 11.6 Å². The fraction of sp³-hybridized carbons (Fsp3) is 0.750. The van der Waals surface area contributed by atoms with Crippen molar-refractivity contribution in [2.75, 3.05) is 26.7 Å². The van der Waals surface area contributed by atoms with E-state index in [1.54, 1.807) is 11.9 Å². The molecule has 3 rings (SSSR count). The number of carbonyl (C=O) groups is 1. The molecule has 3 heterocycles. The van der Waals surface area contributed by atoms with Crippen LogP contribution in [0, 0.1) is 0 Å². The van der Waals surface area contributed by atoms with Gasteiger partial charge in [-0.3, -0.25) is 4.90 Å². The average Bonchev–Trinajstić information content (AvgIpc) is 2.97. The molecule has 0 saturated carbocycles. The number of halogens is 1. The molecule has 1 N–H and O–H groups in total. The van der Waals surface area contributed by atoms with Gasteiger partial charge in [0.05, 0.1) is 12.2 Å². The van der Waals surface area contributed by atoms with Crippen LogP contribution in [0.2, 0.25) is 5.15 Å². The molecule has 2 aliphatic heterocycles. The van der Waals surface area contributed by atoms with Crippen LogP contribution in [0.4, 0.5) is 4.79 Å². The monoisotopic (exact) mass is 340 g/mol. The number of H-pyrrole nitrogens is 1. The zero-order valence-electron chi connectivity index (χ0n) is 13.9. The van der Waals surface area contributed by atoms with Gasteiger partial charge in [-0.05, 0) is 25.8 Å². The van der Waals surface area contributed by atoms with Gasteiger partial charge in [0.1, 0.15) is 11.4 Å². The molecular weight excluding hydrogens is 316 g/mol. The number of aromatic amines is 1. The Morgan fingerprint density at radius 2 is 2.26 bits per heavy atom. The van der Waals surface area contributed by atoms with E-state index in [9.17, 15) is 4.79 Å². The lowest BCUT2D eigenvalue weighted by molar-refractivity contribution is -0.0116. The Balaban J connectivity index is 1.64. The maximum absolute atomic E-state index is 11.7.